The van der Waals surface area contributed by atoms with Crippen molar-refractivity contribution in [1.29, 1.82) is 0 Å². The zero-order valence-electron chi connectivity index (χ0n) is 14.1. The molecule has 3 nitrogen and oxygen atoms in total. The molecule has 0 aromatic rings. The highest BCUT2D eigenvalue weighted by Gasteiger charge is 2.45. The highest BCUT2D eigenvalue weighted by Crippen LogP contribution is 2.47. The van der Waals surface area contributed by atoms with E-state index >= 15 is 0 Å². The summed E-state index contributed by atoms with van der Waals surface area (Å²) in [7, 11) is -2.97. The van der Waals surface area contributed by atoms with Crippen LogP contribution in [0.25, 0.3) is 0 Å². The summed E-state index contributed by atoms with van der Waals surface area (Å²) < 4.78 is 23.6. The van der Waals surface area contributed by atoms with Crippen molar-refractivity contribution in [2.24, 2.45) is 17.3 Å². The molecule has 124 valence electrons. The summed E-state index contributed by atoms with van der Waals surface area (Å²) in [6.07, 6.45) is 8.54. The Labute approximate surface area is 130 Å². The van der Waals surface area contributed by atoms with Gasteiger partial charge in [-0.3, -0.25) is 0 Å². The highest BCUT2D eigenvalue weighted by molar-refractivity contribution is 7.91. The average Bonchev–Trinajstić information content (AvgIpc) is 2.37. The first kappa shape index (κ1) is 17.3. The first-order valence-electron chi connectivity index (χ1n) is 8.43. The first-order valence-corrected chi connectivity index (χ1v) is 10.4. The Morgan fingerprint density at radius 1 is 1.05 bits per heavy atom. The molecule has 2 saturated carbocycles. The van der Waals surface area contributed by atoms with Crippen LogP contribution in [0.5, 0.6) is 0 Å². The number of rotatable bonds is 2. The molecule has 2 aliphatic carbocycles. The van der Waals surface area contributed by atoms with Crippen molar-refractivity contribution in [2.75, 3.05) is 6.26 Å². The summed E-state index contributed by atoms with van der Waals surface area (Å²) >= 11 is 0. The summed E-state index contributed by atoms with van der Waals surface area (Å²) in [5.41, 5.74) is -0.311. The molecule has 2 rings (SSSR count). The minimum Gasteiger partial charge on any atom is -0.390 e. The Bertz CT molecular complexity index is 453. The van der Waals surface area contributed by atoms with E-state index < -0.39 is 15.4 Å². The van der Waals surface area contributed by atoms with Crippen LogP contribution in [0.2, 0.25) is 0 Å². The van der Waals surface area contributed by atoms with E-state index in [1.165, 1.54) is 6.26 Å². The van der Waals surface area contributed by atoms with Gasteiger partial charge in [0, 0.05) is 6.26 Å². The molecule has 2 aliphatic rings. The highest BCUT2D eigenvalue weighted by atomic mass is 32.2. The van der Waals surface area contributed by atoms with Gasteiger partial charge in [0.1, 0.15) is 9.84 Å². The number of hydrogen-bond donors (Lipinski definition) is 1. The van der Waals surface area contributed by atoms with Crippen LogP contribution in [0.4, 0.5) is 0 Å². The van der Waals surface area contributed by atoms with E-state index in [0.717, 1.165) is 44.9 Å². The van der Waals surface area contributed by atoms with Gasteiger partial charge in [0.25, 0.3) is 0 Å². The van der Waals surface area contributed by atoms with Gasteiger partial charge in [-0.1, -0.05) is 27.2 Å². The Balaban J connectivity index is 2.02. The zero-order chi connectivity index (χ0) is 15.9. The van der Waals surface area contributed by atoms with Gasteiger partial charge in [0.2, 0.25) is 0 Å². The molecule has 0 aromatic heterocycles. The van der Waals surface area contributed by atoms with Gasteiger partial charge in [0.15, 0.2) is 0 Å². The van der Waals surface area contributed by atoms with E-state index in [1.54, 1.807) is 0 Å². The molecule has 0 aliphatic heterocycles. The van der Waals surface area contributed by atoms with E-state index in [2.05, 4.69) is 20.8 Å². The molecular weight excluding hydrogens is 284 g/mol. The van der Waals surface area contributed by atoms with Crippen LogP contribution >= 0.6 is 0 Å². The van der Waals surface area contributed by atoms with Crippen molar-refractivity contribution in [2.45, 2.75) is 83.0 Å². The molecule has 0 amide bonds. The van der Waals surface area contributed by atoms with Gasteiger partial charge in [0.05, 0.1) is 10.9 Å². The standard InChI is InChI=1S/C17H32O3S/c1-16(2,3)13-8-10-17(18,11-9-13)14-6-5-7-15(12-14)21(4,19)20/h13-15,18H,5-12H2,1-4H3. The summed E-state index contributed by atoms with van der Waals surface area (Å²) in [4.78, 5) is 0. The third-order valence-electron chi connectivity index (χ3n) is 6.07. The van der Waals surface area contributed by atoms with Crippen LogP contribution in [-0.2, 0) is 9.84 Å². The normalized spacial score (nSPS) is 39.2. The minimum absolute atomic E-state index is 0.173. The van der Waals surface area contributed by atoms with Crippen LogP contribution in [0, 0.1) is 17.3 Å². The molecule has 2 unspecified atom stereocenters. The molecule has 0 spiro atoms. The first-order chi connectivity index (χ1) is 9.52. The van der Waals surface area contributed by atoms with Crippen molar-refractivity contribution in [3.63, 3.8) is 0 Å². The molecule has 0 saturated heterocycles. The summed E-state index contributed by atoms with van der Waals surface area (Å²) in [6, 6.07) is 0. The van der Waals surface area contributed by atoms with Crippen LogP contribution in [0.15, 0.2) is 0 Å². The topological polar surface area (TPSA) is 54.4 Å². The third-order valence-corrected chi connectivity index (χ3v) is 7.71. The molecule has 0 heterocycles. The summed E-state index contributed by atoms with van der Waals surface area (Å²) in [5.74, 6) is 0.846. The molecule has 0 aromatic carbocycles. The quantitative estimate of drug-likeness (QED) is 0.847. The van der Waals surface area contributed by atoms with E-state index in [-0.39, 0.29) is 11.2 Å². The van der Waals surface area contributed by atoms with Gasteiger partial charge >= 0.3 is 0 Å². The van der Waals surface area contributed by atoms with Gasteiger partial charge in [-0.05, 0) is 62.2 Å². The monoisotopic (exact) mass is 316 g/mol. The fourth-order valence-electron chi connectivity index (χ4n) is 4.41. The number of sulfone groups is 1. The molecular formula is C17H32O3S. The van der Waals surface area contributed by atoms with Crippen molar-refractivity contribution in [3.05, 3.63) is 0 Å². The van der Waals surface area contributed by atoms with Crippen molar-refractivity contribution in [1.82, 2.24) is 0 Å². The van der Waals surface area contributed by atoms with Crippen molar-refractivity contribution < 1.29 is 13.5 Å². The molecule has 21 heavy (non-hydrogen) atoms. The van der Waals surface area contributed by atoms with Gasteiger partial charge < -0.3 is 5.11 Å². The van der Waals surface area contributed by atoms with Gasteiger partial charge in [-0.25, -0.2) is 8.42 Å². The maximum absolute atomic E-state index is 11.8. The van der Waals surface area contributed by atoms with Gasteiger partial charge in [-0.2, -0.15) is 0 Å². The van der Waals surface area contributed by atoms with Gasteiger partial charge in [-0.15, -0.1) is 0 Å². The van der Waals surface area contributed by atoms with Crippen LogP contribution < -0.4 is 0 Å². The lowest BCUT2D eigenvalue weighted by Crippen LogP contribution is -2.46. The molecule has 0 radical (unpaired) electrons. The van der Waals surface area contributed by atoms with Crippen molar-refractivity contribution in [3.8, 4) is 0 Å². The smallest absolute Gasteiger partial charge is 0.150 e. The fraction of sp³-hybridized carbons (Fsp3) is 1.00. The fourth-order valence-corrected chi connectivity index (χ4v) is 5.59. The van der Waals surface area contributed by atoms with Crippen LogP contribution in [0.3, 0.4) is 0 Å². The molecule has 2 fully saturated rings. The lowest BCUT2D eigenvalue weighted by Gasteiger charge is -2.47. The zero-order valence-corrected chi connectivity index (χ0v) is 14.9. The maximum atomic E-state index is 11.8. The van der Waals surface area contributed by atoms with E-state index in [0.29, 0.717) is 17.8 Å². The molecule has 4 heteroatoms. The van der Waals surface area contributed by atoms with E-state index in [9.17, 15) is 13.5 Å². The second kappa shape index (κ2) is 5.84. The molecule has 2 atom stereocenters. The predicted molar refractivity (Wildman–Crippen MR) is 87.0 cm³/mol. The molecule has 0 bridgehead atoms. The largest absolute Gasteiger partial charge is 0.390 e. The Morgan fingerprint density at radius 3 is 2.10 bits per heavy atom. The Kier molecular flexibility index (Phi) is 4.80. The van der Waals surface area contributed by atoms with Crippen LogP contribution in [0.1, 0.15) is 72.1 Å². The van der Waals surface area contributed by atoms with E-state index in [4.69, 9.17) is 0 Å². The summed E-state index contributed by atoms with van der Waals surface area (Å²) in [6.45, 7) is 6.84. The summed E-state index contributed by atoms with van der Waals surface area (Å²) in [5, 5.41) is 10.8. The number of hydrogen-bond acceptors (Lipinski definition) is 3. The van der Waals surface area contributed by atoms with Crippen molar-refractivity contribution >= 4 is 9.84 Å². The lowest BCUT2D eigenvalue weighted by molar-refractivity contribution is -0.0793. The second-order valence-electron chi connectivity index (χ2n) is 8.56. The predicted octanol–water partition coefficient (Wildman–Crippen LogP) is 3.56. The maximum Gasteiger partial charge on any atom is 0.150 e. The lowest BCUT2D eigenvalue weighted by atomic mass is 9.63. The van der Waals surface area contributed by atoms with Crippen LogP contribution in [-0.4, -0.2) is 30.6 Å². The third kappa shape index (κ3) is 4.01. The Morgan fingerprint density at radius 2 is 1.62 bits per heavy atom. The average molecular weight is 317 g/mol. The Hall–Kier alpha value is -0.0900. The number of aliphatic hydroxyl groups is 1. The molecule has 1 N–H and O–H groups in total. The second-order valence-corrected chi connectivity index (χ2v) is 10.9. The minimum atomic E-state index is -2.97. The SMILES string of the molecule is CC(C)(C)C1CCC(O)(C2CCCC(S(C)(=O)=O)C2)CC1. The van der Waals surface area contributed by atoms with E-state index in [1.807, 2.05) is 0 Å².